The lowest BCUT2D eigenvalue weighted by Crippen LogP contribution is -2.36. The van der Waals surface area contributed by atoms with Gasteiger partial charge in [-0.1, -0.05) is 13.8 Å². The summed E-state index contributed by atoms with van der Waals surface area (Å²) in [7, 11) is -4.14. The van der Waals surface area contributed by atoms with E-state index >= 15 is 0 Å². The van der Waals surface area contributed by atoms with Gasteiger partial charge in [0.15, 0.2) is 0 Å². The molecule has 0 aromatic heterocycles. The van der Waals surface area contributed by atoms with Gasteiger partial charge in [0.2, 0.25) is 10.0 Å². The maximum absolute atomic E-state index is 14.4. The molecule has 2 aromatic carbocycles. The molecule has 0 saturated carbocycles. The first-order valence-electron chi connectivity index (χ1n) is 9.82. The number of fused-ring (bicyclic) bond motifs is 1. The molecule has 3 rings (SSSR count). The van der Waals surface area contributed by atoms with E-state index in [9.17, 15) is 30.8 Å². The number of carbonyl (C=O) groups excluding carboxylic acids is 1. The number of aryl methyl sites for hydroxylation is 1. The van der Waals surface area contributed by atoms with Crippen LogP contribution in [-0.4, -0.2) is 38.3 Å². The number of sulfonamides is 1. The van der Waals surface area contributed by atoms with Crippen LogP contribution >= 0.6 is 0 Å². The number of rotatable bonds is 5. The van der Waals surface area contributed by atoms with E-state index in [1.807, 2.05) is 0 Å². The SMILES string of the molecule is CCN(CC)S(=O)(=O)c1cc(C(=O)N2CCCc3cc(C(F)(F)F)ccc32)ccc1F. The van der Waals surface area contributed by atoms with E-state index in [0.29, 0.717) is 24.1 Å². The second-order valence-electron chi connectivity index (χ2n) is 7.14. The van der Waals surface area contributed by atoms with Crippen molar-refractivity contribution in [1.82, 2.24) is 4.31 Å². The highest BCUT2D eigenvalue weighted by Gasteiger charge is 2.33. The summed E-state index contributed by atoms with van der Waals surface area (Å²) in [5.41, 5.74) is -0.135. The number of halogens is 4. The number of amides is 1. The van der Waals surface area contributed by atoms with Gasteiger partial charge in [-0.3, -0.25) is 4.79 Å². The quantitative estimate of drug-likeness (QED) is 0.622. The highest BCUT2D eigenvalue weighted by atomic mass is 32.2. The summed E-state index contributed by atoms with van der Waals surface area (Å²) in [6.07, 6.45) is -3.66. The smallest absolute Gasteiger partial charge is 0.308 e. The average molecular weight is 458 g/mol. The normalized spacial score (nSPS) is 14.6. The van der Waals surface area contributed by atoms with Crippen LogP contribution in [0.15, 0.2) is 41.3 Å². The van der Waals surface area contributed by atoms with E-state index in [0.717, 1.165) is 28.6 Å². The Balaban J connectivity index is 2.00. The third kappa shape index (κ3) is 4.45. The fourth-order valence-corrected chi connectivity index (χ4v) is 5.23. The summed E-state index contributed by atoms with van der Waals surface area (Å²) >= 11 is 0. The predicted octanol–water partition coefficient (Wildman–Crippen LogP) is 4.47. The van der Waals surface area contributed by atoms with Crippen molar-refractivity contribution in [2.45, 2.75) is 37.8 Å². The molecule has 0 atom stereocenters. The van der Waals surface area contributed by atoms with Crippen LogP contribution in [0.4, 0.5) is 23.2 Å². The molecule has 1 aliphatic heterocycles. The van der Waals surface area contributed by atoms with Gasteiger partial charge < -0.3 is 4.90 Å². The van der Waals surface area contributed by atoms with Gasteiger partial charge in [-0.05, 0) is 54.8 Å². The molecule has 0 aliphatic carbocycles. The van der Waals surface area contributed by atoms with Crippen molar-refractivity contribution >= 4 is 21.6 Å². The van der Waals surface area contributed by atoms with Crippen LogP contribution in [0, 0.1) is 5.82 Å². The number of carbonyl (C=O) groups is 1. The Morgan fingerprint density at radius 2 is 1.77 bits per heavy atom. The van der Waals surface area contributed by atoms with E-state index in [1.54, 1.807) is 13.8 Å². The monoisotopic (exact) mass is 458 g/mol. The van der Waals surface area contributed by atoms with E-state index in [2.05, 4.69) is 0 Å². The average Bonchev–Trinajstić information content (AvgIpc) is 2.72. The van der Waals surface area contributed by atoms with Crippen molar-refractivity contribution in [1.29, 1.82) is 0 Å². The summed E-state index contributed by atoms with van der Waals surface area (Å²) in [5, 5.41) is 0. The molecule has 2 aromatic rings. The minimum Gasteiger partial charge on any atom is -0.308 e. The Hall–Kier alpha value is -2.46. The van der Waals surface area contributed by atoms with Crippen LogP contribution in [0.2, 0.25) is 0 Å². The van der Waals surface area contributed by atoms with Crippen molar-refractivity contribution in [2.24, 2.45) is 0 Å². The molecular formula is C21H22F4N2O3S. The van der Waals surface area contributed by atoms with Crippen molar-refractivity contribution in [3.63, 3.8) is 0 Å². The maximum Gasteiger partial charge on any atom is 0.416 e. The zero-order valence-corrected chi connectivity index (χ0v) is 17.9. The molecule has 1 amide bonds. The Bertz CT molecular complexity index is 1100. The second-order valence-corrected chi connectivity index (χ2v) is 9.04. The molecule has 5 nitrogen and oxygen atoms in total. The van der Waals surface area contributed by atoms with Crippen molar-refractivity contribution in [2.75, 3.05) is 24.5 Å². The molecule has 0 radical (unpaired) electrons. The summed E-state index contributed by atoms with van der Waals surface area (Å²) in [4.78, 5) is 13.8. The van der Waals surface area contributed by atoms with Crippen LogP contribution in [0.25, 0.3) is 0 Å². The van der Waals surface area contributed by atoms with Gasteiger partial charge in [-0.25, -0.2) is 12.8 Å². The summed E-state index contributed by atoms with van der Waals surface area (Å²) < 4.78 is 80.0. The lowest BCUT2D eigenvalue weighted by atomic mass is 9.98. The van der Waals surface area contributed by atoms with Crippen LogP contribution in [-0.2, 0) is 22.6 Å². The van der Waals surface area contributed by atoms with Crippen molar-refractivity contribution < 1.29 is 30.8 Å². The molecule has 1 aliphatic rings. The molecule has 0 saturated heterocycles. The number of anilines is 1. The highest BCUT2D eigenvalue weighted by Crippen LogP contribution is 2.36. The molecule has 168 valence electrons. The molecule has 1 heterocycles. The second kappa shape index (κ2) is 8.58. The van der Waals surface area contributed by atoms with Crippen LogP contribution < -0.4 is 4.90 Å². The van der Waals surface area contributed by atoms with E-state index in [-0.39, 0.29) is 25.2 Å². The minimum atomic E-state index is -4.49. The topological polar surface area (TPSA) is 57.7 Å². The van der Waals surface area contributed by atoms with Crippen LogP contribution in [0.1, 0.15) is 41.8 Å². The zero-order chi connectivity index (χ0) is 23.0. The molecular weight excluding hydrogens is 436 g/mol. The molecule has 0 bridgehead atoms. The largest absolute Gasteiger partial charge is 0.416 e. The zero-order valence-electron chi connectivity index (χ0n) is 17.0. The third-order valence-electron chi connectivity index (χ3n) is 5.27. The van der Waals surface area contributed by atoms with Gasteiger partial charge in [-0.15, -0.1) is 0 Å². The van der Waals surface area contributed by atoms with E-state index in [1.165, 1.54) is 17.0 Å². The highest BCUT2D eigenvalue weighted by molar-refractivity contribution is 7.89. The summed E-state index contributed by atoms with van der Waals surface area (Å²) in [6.45, 7) is 3.77. The molecule has 0 unspecified atom stereocenters. The number of benzene rings is 2. The summed E-state index contributed by atoms with van der Waals surface area (Å²) in [5.74, 6) is -1.57. The predicted molar refractivity (Wildman–Crippen MR) is 108 cm³/mol. The lowest BCUT2D eigenvalue weighted by molar-refractivity contribution is -0.137. The molecule has 0 N–H and O–H groups in total. The number of hydrogen-bond acceptors (Lipinski definition) is 3. The number of alkyl halides is 3. The van der Waals surface area contributed by atoms with Crippen LogP contribution in [0.3, 0.4) is 0 Å². The van der Waals surface area contributed by atoms with Gasteiger partial charge in [0, 0.05) is 30.9 Å². The maximum atomic E-state index is 14.4. The third-order valence-corrected chi connectivity index (χ3v) is 7.34. The standard InChI is InChI=1S/C21H22F4N2O3S/c1-3-26(4-2)31(29,30)19-13-15(7-9-17(19)22)20(28)27-11-5-6-14-12-16(21(23,24)25)8-10-18(14)27/h7-10,12-13H,3-6,11H2,1-2H3. The van der Waals surface area contributed by atoms with Crippen molar-refractivity contribution in [3.05, 3.63) is 58.9 Å². The van der Waals surface area contributed by atoms with E-state index < -0.39 is 38.4 Å². The van der Waals surface area contributed by atoms with Gasteiger partial charge in [-0.2, -0.15) is 17.5 Å². The van der Waals surface area contributed by atoms with Gasteiger partial charge in [0.05, 0.1) is 5.56 Å². The van der Waals surface area contributed by atoms with Gasteiger partial charge in [0.25, 0.3) is 5.91 Å². The first-order valence-corrected chi connectivity index (χ1v) is 11.3. The lowest BCUT2D eigenvalue weighted by Gasteiger charge is -2.30. The number of nitrogens with zero attached hydrogens (tertiary/aromatic N) is 2. The fraction of sp³-hybridized carbons (Fsp3) is 0.381. The van der Waals surface area contributed by atoms with Crippen molar-refractivity contribution in [3.8, 4) is 0 Å². The molecule has 0 spiro atoms. The minimum absolute atomic E-state index is 0.0557. The Morgan fingerprint density at radius 3 is 2.39 bits per heavy atom. The molecule has 31 heavy (non-hydrogen) atoms. The Labute approximate surface area is 178 Å². The number of hydrogen-bond donors (Lipinski definition) is 0. The van der Waals surface area contributed by atoms with Gasteiger partial charge in [0.1, 0.15) is 10.7 Å². The molecule has 0 fully saturated rings. The Morgan fingerprint density at radius 1 is 1.10 bits per heavy atom. The molecule has 10 heteroatoms. The Kier molecular flexibility index (Phi) is 6.43. The fourth-order valence-electron chi connectivity index (χ4n) is 3.68. The first-order chi connectivity index (χ1) is 14.5. The van der Waals surface area contributed by atoms with E-state index in [4.69, 9.17) is 0 Å². The van der Waals surface area contributed by atoms with Gasteiger partial charge >= 0.3 is 6.18 Å². The summed E-state index contributed by atoms with van der Waals surface area (Å²) in [6, 6.07) is 6.26. The van der Waals surface area contributed by atoms with Crippen LogP contribution in [0.5, 0.6) is 0 Å². The first kappa shape index (κ1) is 23.2.